The van der Waals surface area contributed by atoms with Crippen molar-refractivity contribution in [2.75, 3.05) is 6.54 Å². The van der Waals surface area contributed by atoms with Gasteiger partial charge in [-0.15, -0.1) is 0 Å². The average molecular weight is 333 g/mol. The molecule has 2 rings (SSSR count). The number of hydrogen-bond donors (Lipinski definition) is 2. The van der Waals surface area contributed by atoms with Gasteiger partial charge in [0.25, 0.3) is 5.91 Å². The minimum atomic E-state index is -0.294. The standard InChI is InChI=1S/C17H17ClN2O3/c18-15-8-6-14(7-9-15)17(22)19-11-10-16(21)20-23-12-13-4-2-1-3-5-13/h1-9H,10-12H2,(H,19,22)(H,20,21). The van der Waals surface area contributed by atoms with Crippen LogP contribution in [0.15, 0.2) is 54.6 Å². The molecule has 6 heteroatoms. The topological polar surface area (TPSA) is 67.4 Å². The minimum absolute atomic E-state index is 0.133. The highest BCUT2D eigenvalue weighted by molar-refractivity contribution is 6.30. The highest BCUT2D eigenvalue weighted by atomic mass is 35.5. The van der Waals surface area contributed by atoms with Crippen molar-refractivity contribution in [2.45, 2.75) is 13.0 Å². The number of halogens is 1. The smallest absolute Gasteiger partial charge is 0.251 e. The van der Waals surface area contributed by atoms with Gasteiger partial charge in [-0.05, 0) is 29.8 Å². The van der Waals surface area contributed by atoms with Crippen LogP contribution in [0, 0.1) is 0 Å². The number of carbonyl (C=O) groups excluding carboxylic acids is 2. The van der Waals surface area contributed by atoms with Crippen LogP contribution in [0.1, 0.15) is 22.3 Å². The van der Waals surface area contributed by atoms with Gasteiger partial charge >= 0.3 is 0 Å². The van der Waals surface area contributed by atoms with Gasteiger partial charge in [-0.25, -0.2) is 5.48 Å². The molecule has 0 atom stereocenters. The predicted octanol–water partition coefficient (Wildman–Crippen LogP) is 2.71. The van der Waals surface area contributed by atoms with Crippen LogP contribution in [-0.2, 0) is 16.2 Å². The monoisotopic (exact) mass is 332 g/mol. The molecule has 0 heterocycles. The lowest BCUT2D eigenvalue weighted by Gasteiger charge is -2.07. The predicted molar refractivity (Wildman–Crippen MR) is 87.8 cm³/mol. The van der Waals surface area contributed by atoms with Crippen molar-refractivity contribution >= 4 is 23.4 Å². The second-order valence-corrected chi connectivity index (χ2v) is 5.25. The molecule has 0 aliphatic heterocycles. The van der Waals surface area contributed by atoms with Crippen molar-refractivity contribution in [1.82, 2.24) is 10.8 Å². The summed E-state index contributed by atoms with van der Waals surface area (Å²) in [5.74, 6) is -0.544. The summed E-state index contributed by atoms with van der Waals surface area (Å²) in [4.78, 5) is 28.5. The largest absolute Gasteiger partial charge is 0.352 e. The molecule has 2 aromatic rings. The van der Waals surface area contributed by atoms with Gasteiger partial charge in [0.2, 0.25) is 5.91 Å². The first-order valence-corrected chi connectivity index (χ1v) is 7.51. The molecule has 2 N–H and O–H groups in total. The minimum Gasteiger partial charge on any atom is -0.352 e. The second-order valence-electron chi connectivity index (χ2n) is 4.81. The van der Waals surface area contributed by atoms with Crippen molar-refractivity contribution in [3.05, 3.63) is 70.7 Å². The number of benzene rings is 2. The van der Waals surface area contributed by atoms with Crippen molar-refractivity contribution in [1.29, 1.82) is 0 Å². The van der Waals surface area contributed by atoms with Gasteiger partial charge in [0.05, 0.1) is 6.61 Å². The summed E-state index contributed by atoms with van der Waals surface area (Å²) in [7, 11) is 0. The molecule has 0 radical (unpaired) electrons. The normalized spacial score (nSPS) is 10.1. The number of amides is 2. The van der Waals surface area contributed by atoms with Gasteiger partial charge in [-0.2, -0.15) is 0 Å². The summed E-state index contributed by atoms with van der Waals surface area (Å²) < 4.78 is 0. The molecule has 5 nitrogen and oxygen atoms in total. The molecule has 2 amide bonds. The van der Waals surface area contributed by atoms with E-state index in [2.05, 4.69) is 10.8 Å². The number of rotatable bonds is 7. The van der Waals surface area contributed by atoms with Gasteiger partial charge in [0, 0.05) is 23.6 Å². The van der Waals surface area contributed by atoms with Crippen LogP contribution in [-0.4, -0.2) is 18.4 Å². The summed E-state index contributed by atoms with van der Waals surface area (Å²) in [6.45, 7) is 0.520. The molecule has 23 heavy (non-hydrogen) atoms. The molecule has 0 aromatic heterocycles. The van der Waals surface area contributed by atoms with Crippen LogP contribution in [0.2, 0.25) is 5.02 Å². The Morgan fingerprint density at radius 3 is 2.39 bits per heavy atom. The summed E-state index contributed by atoms with van der Waals surface area (Å²) >= 11 is 5.76. The Kier molecular flexibility index (Phi) is 6.59. The van der Waals surface area contributed by atoms with E-state index in [0.29, 0.717) is 17.2 Å². The highest BCUT2D eigenvalue weighted by Gasteiger charge is 2.06. The zero-order valence-corrected chi connectivity index (χ0v) is 13.2. The summed E-state index contributed by atoms with van der Waals surface area (Å²) in [6, 6.07) is 16.0. The quantitative estimate of drug-likeness (QED) is 0.766. The van der Waals surface area contributed by atoms with E-state index in [1.54, 1.807) is 24.3 Å². The SMILES string of the molecule is O=C(CCNC(=O)c1ccc(Cl)cc1)NOCc1ccccc1. The lowest BCUT2D eigenvalue weighted by atomic mass is 10.2. The van der Waals surface area contributed by atoms with E-state index in [4.69, 9.17) is 16.4 Å². The van der Waals surface area contributed by atoms with E-state index in [-0.39, 0.29) is 24.8 Å². The van der Waals surface area contributed by atoms with Crippen LogP contribution in [0.4, 0.5) is 0 Å². The van der Waals surface area contributed by atoms with Crippen LogP contribution in [0.25, 0.3) is 0 Å². The maximum Gasteiger partial charge on any atom is 0.251 e. The Hall–Kier alpha value is -2.37. The van der Waals surface area contributed by atoms with Gasteiger partial charge in [0.15, 0.2) is 0 Å². The molecule has 0 aliphatic carbocycles. The van der Waals surface area contributed by atoms with Crippen molar-refractivity contribution in [3.63, 3.8) is 0 Å². The van der Waals surface area contributed by atoms with Gasteiger partial charge in [0.1, 0.15) is 0 Å². The van der Waals surface area contributed by atoms with E-state index >= 15 is 0 Å². The Bertz CT molecular complexity index is 645. The van der Waals surface area contributed by atoms with Gasteiger partial charge in [-0.1, -0.05) is 41.9 Å². The number of nitrogens with one attached hydrogen (secondary N) is 2. The molecule has 0 spiro atoms. The zero-order chi connectivity index (χ0) is 16.5. The van der Waals surface area contributed by atoms with Crippen LogP contribution in [0.5, 0.6) is 0 Å². The Balaban J connectivity index is 1.62. The third-order valence-electron chi connectivity index (χ3n) is 3.01. The van der Waals surface area contributed by atoms with Crippen LogP contribution < -0.4 is 10.8 Å². The fourth-order valence-corrected chi connectivity index (χ4v) is 1.94. The van der Waals surface area contributed by atoms with E-state index in [9.17, 15) is 9.59 Å². The Morgan fingerprint density at radius 1 is 1.00 bits per heavy atom. The molecule has 120 valence electrons. The van der Waals surface area contributed by atoms with Crippen LogP contribution >= 0.6 is 11.6 Å². The van der Waals surface area contributed by atoms with E-state index in [1.165, 1.54) is 0 Å². The Morgan fingerprint density at radius 2 is 1.70 bits per heavy atom. The van der Waals surface area contributed by atoms with Gasteiger partial charge in [-0.3, -0.25) is 14.4 Å². The first-order chi connectivity index (χ1) is 11.1. The highest BCUT2D eigenvalue weighted by Crippen LogP contribution is 2.09. The average Bonchev–Trinajstić information content (AvgIpc) is 2.56. The van der Waals surface area contributed by atoms with E-state index in [0.717, 1.165) is 5.56 Å². The van der Waals surface area contributed by atoms with Crippen molar-refractivity contribution < 1.29 is 14.4 Å². The molecule has 0 saturated carbocycles. The fraction of sp³-hybridized carbons (Fsp3) is 0.176. The maximum atomic E-state index is 11.8. The molecule has 0 unspecified atom stereocenters. The Labute approximate surface area is 139 Å². The lowest BCUT2D eigenvalue weighted by Crippen LogP contribution is -2.30. The number of hydrogen-bond acceptors (Lipinski definition) is 3. The summed E-state index contributed by atoms with van der Waals surface area (Å²) in [5, 5.41) is 3.23. The van der Waals surface area contributed by atoms with E-state index < -0.39 is 0 Å². The zero-order valence-electron chi connectivity index (χ0n) is 12.4. The second kappa shape index (κ2) is 8.92. The maximum absolute atomic E-state index is 11.8. The van der Waals surface area contributed by atoms with Gasteiger partial charge < -0.3 is 5.32 Å². The molecule has 0 bridgehead atoms. The van der Waals surface area contributed by atoms with E-state index in [1.807, 2.05) is 30.3 Å². The molecular weight excluding hydrogens is 316 g/mol. The van der Waals surface area contributed by atoms with Crippen molar-refractivity contribution in [3.8, 4) is 0 Å². The molecule has 0 saturated heterocycles. The summed E-state index contributed by atoms with van der Waals surface area (Å²) in [5.41, 5.74) is 3.80. The number of carbonyl (C=O) groups is 2. The fourth-order valence-electron chi connectivity index (χ4n) is 1.82. The molecule has 0 fully saturated rings. The first kappa shape index (κ1) is 17.0. The lowest BCUT2D eigenvalue weighted by molar-refractivity contribution is -0.134. The third kappa shape index (κ3) is 6.10. The molecular formula is C17H17ClN2O3. The molecule has 2 aromatic carbocycles. The first-order valence-electron chi connectivity index (χ1n) is 7.13. The number of hydroxylamine groups is 1. The summed E-state index contributed by atoms with van der Waals surface area (Å²) in [6.07, 6.45) is 0.133. The van der Waals surface area contributed by atoms with Crippen molar-refractivity contribution in [2.24, 2.45) is 0 Å². The third-order valence-corrected chi connectivity index (χ3v) is 3.26. The molecule has 0 aliphatic rings. The van der Waals surface area contributed by atoms with Crippen LogP contribution in [0.3, 0.4) is 0 Å².